The number of esters is 1. The van der Waals surface area contributed by atoms with E-state index in [1.807, 2.05) is 6.92 Å². The first-order valence-electron chi connectivity index (χ1n) is 10.0. The normalized spacial score (nSPS) is 23.4. The Morgan fingerprint density at radius 2 is 1.61 bits per heavy atom. The molecule has 28 heavy (non-hydrogen) atoms. The van der Waals surface area contributed by atoms with E-state index in [-0.39, 0.29) is 30.1 Å². The maximum absolute atomic E-state index is 12.0. The molecule has 1 fully saturated rings. The number of unbranched alkanes of at least 4 members (excludes halogenated alkanes) is 1. The van der Waals surface area contributed by atoms with Crippen LogP contribution in [-0.4, -0.2) is 50.6 Å². The summed E-state index contributed by atoms with van der Waals surface area (Å²) in [7, 11) is 0. The molecule has 2 amide bonds. The van der Waals surface area contributed by atoms with Gasteiger partial charge in [0, 0.05) is 19.5 Å². The van der Waals surface area contributed by atoms with Crippen molar-refractivity contribution in [3.05, 3.63) is 0 Å². The van der Waals surface area contributed by atoms with Crippen molar-refractivity contribution in [1.29, 1.82) is 0 Å². The summed E-state index contributed by atoms with van der Waals surface area (Å²) in [5.41, 5.74) is -0.155. The summed E-state index contributed by atoms with van der Waals surface area (Å²) in [6.45, 7) is 10.7. The summed E-state index contributed by atoms with van der Waals surface area (Å²) >= 11 is 0. The van der Waals surface area contributed by atoms with Crippen molar-refractivity contribution >= 4 is 18.2 Å². The average Bonchev–Trinajstić information content (AvgIpc) is 2.55. The molecule has 1 saturated carbocycles. The van der Waals surface area contributed by atoms with Gasteiger partial charge in [-0.25, -0.2) is 9.59 Å². The number of alkyl carbamates (subject to hydrolysis) is 2. The summed E-state index contributed by atoms with van der Waals surface area (Å²) < 4.78 is 15.0. The second kappa shape index (κ2) is 11.1. The van der Waals surface area contributed by atoms with Crippen molar-refractivity contribution in [2.24, 2.45) is 10.8 Å². The lowest BCUT2D eigenvalue weighted by atomic mass is 9.62. The SMILES string of the molecule is CCCCOC(=O)NCC1(C)CC(NC(=O)OCCOC(C)=O)CC(C)(C)C1. The fourth-order valence-corrected chi connectivity index (χ4v) is 4.04. The van der Waals surface area contributed by atoms with Gasteiger partial charge >= 0.3 is 18.2 Å². The van der Waals surface area contributed by atoms with Crippen LogP contribution in [-0.2, 0) is 19.0 Å². The number of hydrogen-bond acceptors (Lipinski definition) is 6. The molecule has 8 nitrogen and oxygen atoms in total. The van der Waals surface area contributed by atoms with Gasteiger partial charge in [0.2, 0.25) is 0 Å². The van der Waals surface area contributed by atoms with Crippen LogP contribution in [0.3, 0.4) is 0 Å². The minimum absolute atomic E-state index is 0.0104. The van der Waals surface area contributed by atoms with E-state index in [0.29, 0.717) is 13.2 Å². The number of amides is 2. The monoisotopic (exact) mass is 400 g/mol. The van der Waals surface area contributed by atoms with E-state index in [0.717, 1.165) is 32.1 Å². The highest BCUT2D eigenvalue weighted by atomic mass is 16.6. The van der Waals surface area contributed by atoms with Gasteiger partial charge in [-0.15, -0.1) is 0 Å². The first-order valence-corrected chi connectivity index (χ1v) is 10.0. The highest BCUT2D eigenvalue weighted by Crippen LogP contribution is 2.45. The van der Waals surface area contributed by atoms with Crippen molar-refractivity contribution in [2.75, 3.05) is 26.4 Å². The standard InChI is InChI=1S/C20H36N2O6/c1-6-7-8-27-17(24)21-14-20(5)12-16(11-19(3,4)13-20)22-18(25)28-10-9-26-15(2)23/h16H,6-14H2,1-5H3,(H,21,24)(H,22,25). The predicted octanol–water partition coefficient (Wildman–Crippen LogP) is 3.39. The molecule has 0 heterocycles. The van der Waals surface area contributed by atoms with Crippen LogP contribution in [0.1, 0.15) is 66.7 Å². The van der Waals surface area contributed by atoms with Crippen LogP contribution in [0.4, 0.5) is 9.59 Å². The summed E-state index contributed by atoms with van der Waals surface area (Å²) in [6.07, 6.45) is 3.38. The Labute approximate surface area is 168 Å². The van der Waals surface area contributed by atoms with Gasteiger partial charge in [0.25, 0.3) is 0 Å². The van der Waals surface area contributed by atoms with Gasteiger partial charge in [-0.2, -0.15) is 0 Å². The van der Waals surface area contributed by atoms with E-state index in [1.54, 1.807) is 0 Å². The molecular formula is C20H36N2O6. The van der Waals surface area contributed by atoms with Crippen LogP contribution in [0.15, 0.2) is 0 Å². The third-order valence-electron chi connectivity index (χ3n) is 4.78. The van der Waals surface area contributed by atoms with Crippen LogP contribution in [0.2, 0.25) is 0 Å². The van der Waals surface area contributed by atoms with E-state index in [2.05, 4.69) is 31.4 Å². The van der Waals surface area contributed by atoms with Crippen molar-refractivity contribution in [2.45, 2.75) is 72.8 Å². The highest BCUT2D eigenvalue weighted by molar-refractivity contribution is 5.68. The average molecular weight is 401 g/mol. The molecule has 0 aromatic heterocycles. The van der Waals surface area contributed by atoms with Gasteiger partial charge in [-0.3, -0.25) is 4.79 Å². The Kier molecular flexibility index (Phi) is 9.55. The topological polar surface area (TPSA) is 103 Å². The Bertz CT molecular complexity index is 537. The lowest BCUT2D eigenvalue weighted by Crippen LogP contribution is -2.50. The predicted molar refractivity (Wildman–Crippen MR) is 105 cm³/mol. The molecule has 1 aliphatic carbocycles. The van der Waals surface area contributed by atoms with Crippen molar-refractivity contribution in [3.8, 4) is 0 Å². The third-order valence-corrected chi connectivity index (χ3v) is 4.78. The third kappa shape index (κ3) is 9.80. The van der Waals surface area contributed by atoms with Crippen molar-refractivity contribution < 1.29 is 28.6 Å². The van der Waals surface area contributed by atoms with Gasteiger partial charge in [0.15, 0.2) is 0 Å². The maximum atomic E-state index is 12.0. The zero-order valence-electron chi connectivity index (χ0n) is 17.9. The Morgan fingerprint density at radius 3 is 2.25 bits per heavy atom. The van der Waals surface area contributed by atoms with Gasteiger partial charge in [0.05, 0.1) is 6.61 Å². The van der Waals surface area contributed by atoms with E-state index in [1.165, 1.54) is 6.92 Å². The molecule has 1 rings (SSSR count). The number of hydrogen-bond donors (Lipinski definition) is 2. The summed E-state index contributed by atoms with van der Waals surface area (Å²) in [4.78, 5) is 34.6. The number of ether oxygens (including phenoxy) is 3. The molecule has 1 aliphatic rings. The zero-order chi connectivity index (χ0) is 21.2. The van der Waals surface area contributed by atoms with Crippen molar-refractivity contribution in [1.82, 2.24) is 10.6 Å². The quantitative estimate of drug-likeness (QED) is 0.349. The summed E-state index contributed by atoms with van der Waals surface area (Å²) in [5.74, 6) is -0.408. The number of carbonyl (C=O) groups excluding carboxylic acids is 3. The maximum Gasteiger partial charge on any atom is 0.407 e. The Balaban J connectivity index is 2.50. The van der Waals surface area contributed by atoms with Crippen LogP contribution in [0.25, 0.3) is 0 Å². The lowest BCUT2D eigenvalue weighted by Gasteiger charge is -2.46. The van der Waals surface area contributed by atoms with Crippen LogP contribution in [0.5, 0.6) is 0 Å². The van der Waals surface area contributed by atoms with Crippen LogP contribution in [0, 0.1) is 10.8 Å². The molecule has 8 heteroatoms. The van der Waals surface area contributed by atoms with E-state index in [4.69, 9.17) is 14.2 Å². The van der Waals surface area contributed by atoms with Gasteiger partial charge in [0.1, 0.15) is 13.2 Å². The fraction of sp³-hybridized carbons (Fsp3) is 0.850. The molecule has 0 aromatic carbocycles. The van der Waals surface area contributed by atoms with E-state index in [9.17, 15) is 14.4 Å². The summed E-state index contributed by atoms with van der Waals surface area (Å²) in [6, 6.07) is -0.0621. The molecule has 0 bridgehead atoms. The summed E-state index contributed by atoms with van der Waals surface area (Å²) in [5, 5.41) is 5.76. The number of nitrogens with one attached hydrogen (secondary N) is 2. The van der Waals surface area contributed by atoms with Gasteiger partial charge in [-0.1, -0.05) is 34.1 Å². The van der Waals surface area contributed by atoms with E-state index < -0.39 is 18.2 Å². The molecule has 0 aliphatic heterocycles. The molecule has 0 aromatic rings. The molecule has 2 atom stereocenters. The first-order chi connectivity index (χ1) is 13.1. The second-order valence-corrected chi connectivity index (χ2v) is 8.72. The zero-order valence-corrected chi connectivity index (χ0v) is 17.9. The first kappa shape index (κ1) is 24.0. The van der Waals surface area contributed by atoms with Crippen LogP contribution >= 0.6 is 0 Å². The van der Waals surface area contributed by atoms with Crippen LogP contribution < -0.4 is 10.6 Å². The minimum atomic E-state index is -0.524. The second-order valence-electron chi connectivity index (χ2n) is 8.72. The number of carbonyl (C=O) groups is 3. The molecule has 162 valence electrons. The van der Waals surface area contributed by atoms with Gasteiger partial charge < -0.3 is 24.8 Å². The lowest BCUT2D eigenvalue weighted by molar-refractivity contribution is -0.141. The highest BCUT2D eigenvalue weighted by Gasteiger charge is 2.42. The molecule has 0 saturated heterocycles. The fourth-order valence-electron chi connectivity index (χ4n) is 4.04. The Hall–Kier alpha value is -1.99. The molecular weight excluding hydrogens is 364 g/mol. The Morgan fingerprint density at radius 1 is 0.964 bits per heavy atom. The van der Waals surface area contributed by atoms with E-state index >= 15 is 0 Å². The molecule has 2 unspecified atom stereocenters. The van der Waals surface area contributed by atoms with Gasteiger partial charge in [-0.05, 0) is 36.5 Å². The van der Waals surface area contributed by atoms with Crippen molar-refractivity contribution in [3.63, 3.8) is 0 Å². The largest absolute Gasteiger partial charge is 0.462 e. The molecule has 0 spiro atoms. The molecule has 0 radical (unpaired) electrons. The number of rotatable bonds is 9. The smallest absolute Gasteiger partial charge is 0.407 e. The minimum Gasteiger partial charge on any atom is -0.462 e. The molecule has 2 N–H and O–H groups in total.